The Hall–Kier alpha value is -0.630. The van der Waals surface area contributed by atoms with Gasteiger partial charge in [-0.2, -0.15) is 0 Å². The van der Waals surface area contributed by atoms with E-state index in [1.165, 1.54) is 24.1 Å². The number of hydrogen-bond donors (Lipinski definition) is 0. The molecule has 1 aliphatic rings. The smallest absolute Gasteiger partial charge is 0.164 e. The number of Topliss-reactive ketones (excluding diaryl/α,β-unsaturated/α-hetero) is 1. The number of carbonyl (C=O) groups excluding carboxylic acids is 1. The summed E-state index contributed by atoms with van der Waals surface area (Å²) in [5.41, 5.74) is 0.955. The lowest BCUT2D eigenvalue weighted by atomic mass is 9.81. The van der Waals surface area contributed by atoms with Crippen LogP contribution in [0.3, 0.4) is 0 Å². The molecule has 0 aliphatic heterocycles. The summed E-state index contributed by atoms with van der Waals surface area (Å²) >= 11 is 1.66. The van der Waals surface area contributed by atoms with Gasteiger partial charge in [-0.3, -0.25) is 4.79 Å². The van der Waals surface area contributed by atoms with Crippen LogP contribution in [0.2, 0.25) is 0 Å². The van der Waals surface area contributed by atoms with Crippen molar-refractivity contribution in [2.24, 2.45) is 5.92 Å². The Bertz CT molecular complexity index is 310. The highest BCUT2D eigenvalue weighted by Gasteiger charge is 2.22. The van der Waals surface area contributed by atoms with E-state index in [0.717, 1.165) is 12.0 Å². The molecule has 0 spiro atoms. The van der Waals surface area contributed by atoms with Gasteiger partial charge in [-0.15, -0.1) is 11.3 Å². The van der Waals surface area contributed by atoms with Crippen LogP contribution in [0, 0.1) is 12.8 Å². The predicted molar refractivity (Wildman–Crippen MR) is 55.3 cm³/mol. The number of aryl methyl sites for hydroxylation is 1. The van der Waals surface area contributed by atoms with E-state index >= 15 is 0 Å². The number of rotatable bonds is 3. The summed E-state index contributed by atoms with van der Waals surface area (Å²) in [6.45, 7) is 2.03. The van der Waals surface area contributed by atoms with Crippen molar-refractivity contribution in [2.45, 2.75) is 32.6 Å². The molecule has 1 aromatic rings. The maximum Gasteiger partial charge on any atom is 0.164 e. The van der Waals surface area contributed by atoms with Crippen molar-refractivity contribution in [3.05, 3.63) is 21.9 Å². The maximum absolute atomic E-state index is 11.7. The lowest BCUT2D eigenvalue weighted by molar-refractivity contribution is 0.0936. The average molecular weight is 194 g/mol. The minimum absolute atomic E-state index is 0.350. The van der Waals surface area contributed by atoms with E-state index in [1.807, 2.05) is 18.4 Å². The number of carbonyl (C=O) groups is 1. The van der Waals surface area contributed by atoms with Crippen molar-refractivity contribution < 1.29 is 4.79 Å². The molecule has 2 heteroatoms. The van der Waals surface area contributed by atoms with E-state index in [0.29, 0.717) is 11.7 Å². The SMILES string of the molecule is Cc1sccc1C(=O)CC1CCC1. The Morgan fingerprint density at radius 1 is 1.62 bits per heavy atom. The molecule has 0 atom stereocenters. The largest absolute Gasteiger partial charge is 0.294 e. The molecule has 1 saturated carbocycles. The average Bonchev–Trinajstić information content (AvgIpc) is 2.43. The van der Waals surface area contributed by atoms with E-state index in [1.54, 1.807) is 11.3 Å². The molecule has 13 heavy (non-hydrogen) atoms. The van der Waals surface area contributed by atoms with E-state index in [2.05, 4.69) is 0 Å². The van der Waals surface area contributed by atoms with Gasteiger partial charge in [0.05, 0.1) is 0 Å². The minimum atomic E-state index is 0.350. The second-order valence-electron chi connectivity index (χ2n) is 3.81. The number of thiophene rings is 1. The molecule has 0 saturated heterocycles. The fraction of sp³-hybridized carbons (Fsp3) is 0.545. The first-order valence-corrected chi connectivity index (χ1v) is 5.72. The van der Waals surface area contributed by atoms with Gasteiger partial charge in [-0.05, 0) is 24.3 Å². The first-order chi connectivity index (χ1) is 6.27. The van der Waals surface area contributed by atoms with E-state index in [4.69, 9.17) is 0 Å². The van der Waals surface area contributed by atoms with E-state index in [9.17, 15) is 4.79 Å². The van der Waals surface area contributed by atoms with Crippen molar-refractivity contribution in [3.8, 4) is 0 Å². The molecule has 1 heterocycles. The first-order valence-electron chi connectivity index (χ1n) is 4.84. The van der Waals surface area contributed by atoms with Crippen LogP contribution in [0.4, 0.5) is 0 Å². The van der Waals surface area contributed by atoms with Crippen LogP contribution in [0.5, 0.6) is 0 Å². The Morgan fingerprint density at radius 3 is 2.85 bits per heavy atom. The fourth-order valence-electron chi connectivity index (χ4n) is 1.74. The lowest BCUT2D eigenvalue weighted by Gasteiger charge is -2.24. The molecule has 0 amide bonds. The van der Waals surface area contributed by atoms with Gasteiger partial charge in [-0.25, -0.2) is 0 Å². The molecular formula is C11H14OS. The molecule has 0 bridgehead atoms. The quantitative estimate of drug-likeness (QED) is 0.674. The zero-order valence-electron chi connectivity index (χ0n) is 7.88. The molecule has 0 N–H and O–H groups in total. The van der Waals surface area contributed by atoms with E-state index in [-0.39, 0.29) is 0 Å². The molecule has 1 fully saturated rings. The highest BCUT2D eigenvalue weighted by Crippen LogP contribution is 2.31. The van der Waals surface area contributed by atoms with Gasteiger partial charge >= 0.3 is 0 Å². The van der Waals surface area contributed by atoms with Gasteiger partial charge in [-0.1, -0.05) is 19.3 Å². The van der Waals surface area contributed by atoms with E-state index < -0.39 is 0 Å². The third-order valence-electron chi connectivity index (χ3n) is 2.86. The van der Waals surface area contributed by atoms with Crippen LogP contribution >= 0.6 is 11.3 Å². The van der Waals surface area contributed by atoms with Crippen molar-refractivity contribution in [1.29, 1.82) is 0 Å². The zero-order chi connectivity index (χ0) is 9.26. The summed E-state index contributed by atoms with van der Waals surface area (Å²) in [6, 6.07) is 1.96. The first kappa shape index (κ1) is 8.95. The van der Waals surface area contributed by atoms with Gasteiger partial charge in [0.15, 0.2) is 5.78 Å². The standard InChI is InChI=1S/C11H14OS/c1-8-10(5-6-13-8)11(12)7-9-3-2-4-9/h5-6,9H,2-4,7H2,1H3. The molecule has 70 valence electrons. The monoisotopic (exact) mass is 194 g/mol. The minimum Gasteiger partial charge on any atom is -0.294 e. The molecule has 1 aromatic heterocycles. The van der Waals surface area contributed by atoms with Crippen LogP contribution in [0.25, 0.3) is 0 Å². The Morgan fingerprint density at radius 2 is 2.38 bits per heavy atom. The summed E-state index contributed by atoms with van der Waals surface area (Å²) in [4.78, 5) is 12.9. The number of hydrogen-bond acceptors (Lipinski definition) is 2. The van der Waals surface area contributed by atoms with Crippen molar-refractivity contribution >= 4 is 17.1 Å². The van der Waals surface area contributed by atoms with Gasteiger partial charge in [0.1, 0.15) is 0 Å². The molecular weight excluding hydrogens is 180 g/mol. The summed E-state index contributed by atoms with van der Waals surface area (Å²) in [5, 5.41) is 2.00. The Labute approximate surface area is 82.8 Å². The predicted octanol–water partition coefficient (Wildman–Crippen LogP) is 3.43. The zero-order valence-corrected chi connectivity index (χ0v) is 8.69. The molecule has 0 aromatic carbocycles. The molecule has 0 unspecified atom stereocenters. The topological polar surface area (TPSA) is 17.1 Å². The van der Waals surface area contributed by atoms with Gasteiger partial charge in [0.2, 0.25) is 0 Å². The van der Waals surface area contributed by atoms with Gasteiger partial charge in [0, 0.05) is 16.9 Å². The third kappa shape index (κ3) is 1.83. The van der Waals surface area contributed by atoms with Crippen LogP contribution in [-0.2, 0) is 0 Å². The maximum atomic E-state index is 11.7. The van der Waals surface area contributed by atoms with Gasteiger partial charge in [0.25, 0.3) is 0 Å². The summed E-state index contributed by atoms with van der Waals surface area (Å²) in [6.07, 6.45) is 4.61. The summed E-state index contributed by atoms with van der Waals surface area (Å²) in [5.74, 6) is 1.04. The Balaban J connectivity index is 2.00. The molecule has 1 aliphatic carbocycles. The van der Waals surface area contributed by atoms with Crippen LogP contribution in [0.15, 0.2) is 11.4 Å². The van der Waals surface area contributed by atoms with Crippen LogP contribution in [-0.4, -0.2) is 5.78 Å². The van der Waals surface area contributed by atoms with Crippen LogP contribution < -0.4 is 0 Å². The molecule has 2 rings (SSSR count). The summed E-state index contributed by atoms with van der Waals surface area (Å²) < 4.78 is 0. The lowest BCUT2D eigenvalue weighted by Crippen LogP contribution is -2.15. The second-order valence-corrected chi connectivity index (χ2v) is 4.93. The fourth-order valence-corrected chi connectivity index (χ4v) is 2.46. The second kappa shape index (κ2) is 3.62. The Kier molecular flexibility index (Phi) is 2.49. The number of ketones is 1. The highest BCUT2D eigenvalue weighted by atomic mass is 32.1. The normalized spacial score (nSPS) is 17.0. The summed E-state index contributed by atoms with van der Waals surface area (Å²) in [7, 11) is 0. The van der Waals surface area contributed by atoms with Gasteiger partial charge < -0.3 is 0 Å². The highest BCUT2D eigenvalue weighted by molar-refractivity contribution is 7.10. The molecule has 1 nitrogen and oxygen atoms in total. The third-order valence-corrected chi connectivity index (χ3v) is 3.70. The van der Waals surface area contributed by atoms with Crippen molar-refractivity contribution in [1.82, 2.24) is 0 Å². The van der Waals surface area contributed by atoms with Crippen molar-refractivity contribution in [2.75, 3.05) is 0 Å². The van der Waals surface area contributed by atoms with Crippen molar-refractivity contribution in [3.63, 3.8) is 0 Å². The molecule has 0 radical (unpaired) electrons. The van der Waals surface area contributed by atoms with Crippen LogP contribution in [0.1, 0.15) is 40.9 Å².